The number of hydrogen-bond acceptors (Lipinski definition) is 2. The second-order valence-electron chi connectivity index (χ2n) is 4.87. The van der Waals surface area contributed by atoms with E-state index in [0.29, 0.717) is 16.1 Å². The van der Waals surface area contributed by atoms with Crippen molar-refractivity contribution in [3.8, 4) is 11.3 Å². The quantitative estimate of drug-likeness (QED) is 0.907. The van der Waals surface area contributed by atoms with Crippen LogP contribution in [0.25, 0.3) is 11.3 Å². The van der Waals surface area contributed by atoms with Gasteiger partial charge in [-0.1, -0.05) is 23.2 Å². The van der Waals surface area contributed by atoms with Gasteiger partial charge in [0.1, 0.15) is 5.82 Å². The summed E-state index contributed by atoms with van der Waals surface area (Å²) in [4.78, 5) is 7.77. The molecule has 0 radical (unpaired) electrons. The summed E-state index contributed by atoms with van der Waals surface area (Å²) in [6.45, 7) is 1.11. The molecule has 2 aromatic rings. The molecule has 19 heavy (non-hydrogen) atoms. The molecule has 1 aliphatic heterocycles. The van der Waals surface area contributed by atoms with Crippen LogP contribution in [0.2, 0.25) is 10.0 Å². The van der Waals surface area contributed by atoms with E-state index in [1.807, 2.05) is 18.3 Å². The summed E-state index contributed by atoms with van der Waals surface area (Å²) >= 11 is 12.1. The maximum Gasteiger partial charge on any atom is 0.108 e. The fraction of sp³-hybridized carbons (Fsp3) is 0.357. The fourth-order valence-electron chi connectivity index (χ4n) is 2.48. The Kier molecular flexibility index (Phi) is 3.78. The van der Waals surface area contributed by atoms with E-state index in [-0.39, 0.29) is 0 Å². The Morgan fingerprint density at radius 3 is 2.95 bits per heavy atom. The molecule has 3 nitrogen and oxygen atoms in total. The van der Waals surface area contributed by atoms with E-state index >= 15 is 0 Å². The Labute approximate surface area is 122 Å². The van der Waals surface area contributed by atoms with Gasteiger partial charge in [-0.05, 0) is 37.6 Å². The molecule has 1 saturated heterocycles. The van der Waals surface area contributed by atoms with Crippen LogP contribution in [-0.2, 0) is 6.42 Å². The summed E-state index contributed by atoms with van der Waals surface area (Å²) in [7, 11) is 0. The average Bonchev–Trinajstić information content (AvgIpc) is 3.01. The molecule has 3 rings (SSSR count). The lowest BCUT2D eigenvalue weighted by atomic mass is 10.1. The second kappa shape index (κ2) is 5.53. The number of hydrogen-bond donors (Lipinski definition) is 2. The van der Waals surface area contributed by atoms with Gasteiger partial charge in [-0.3, -0.25) is 0 Å². The van der Waals surface area contributed by atoms with E-state index in [9.17, 15) is 0 Å². The van der Waals surface area contributed by atoms with Crippen molar-refractivity contribution in [3.63, 3.8) is 0 Å². The van der Waals surface area contributed by atoms with Gasteiger partial charge in [0.25, 0.3) is 0 Å². The van der Waals surface area contributed by atoms with Crippen molar-refractivity contribution in [3.05, 3.63) is 40.3 Å². The molecule has 2 heterocycles. The summed E-state index contributed by atoms with van der Waals surface area (Å²) in [5.74, 6) is 1.00. The fourth-order valence-corrected chi connectivity index (χ4v) is 2.99. The van der Waals surface area contributed by atoms with E-state index in [1.165, 1.54) is 12.8 Å². The van der Waals surface area contributed by atoms with Gasteiger partial charge in [-0.15, -0.1) is 0 Å². The number of rotatable bonds is 3. The molecular formula is C14H15Cl2N3. The zero-order valence-electron chi connectivity index (χ0n) is 10.4. The summed E-state index contributed by atoms with van der Waals surface area (Å²) < 4.78 is 0. The molecular weight excluding hydrogens is 281 g/mol. The molecule has 0 bridgehead atoms. The first-order chi connectivity index (χ1) is 9.22. The van der Waals surface area contributed by atoms with Crippen LogP contribution >= 0.6 is 23.2 Å². The van der Waals surface area contributed by atoms with Gasteiger partial charge >= 0.3 is 0 Å². The molecule has 0 amide bonds. The summed E-state index contributed by atoms with van der Waals surface area (Å²) in [6, 6.07) is 6.04. The van der Waals surface area contributed by atoms with Crippen LogP contribution < -0.4 is 5.32 Å². The highest BCUT2D eigenvalue weighted by Gasteiger charge is 2.16. The first kappa shape index (κ1) is 13.0. The van der Waals surface area contributed by atoms with Gasteiger partial charge in [-0.25, -0.2) is 4.98 Å². The highest BCUT2D eigenvalue weighted by molar-refractivity contribution is 6.36. The van der Waals surface area contributed by atoms with Crippen LogP contribution in [0.1, 0.15) is 18.7 Å². The Morgan fingerprint density at radius 1 is 1.32 bits per heavy atom. The molecule has 0 aliphatic carbocycles. The molecule has 0 saturated carbocycles. The maximum atomic E-state index is 6.20. The number of H-pyrrole nitrogens is 1. The van der Waals surface area contributed by atoms with Gasteiger partial charge in [0, 0.05) is 23.0 Å². The van der Waals surface area contributed by atoms with Gasteiger partial charge in [0.15, 0.2) is 0 Å². The van der Waals surface area contributed by atoms with Crippen LogP contribution in [0.5, 0.6) is 0 Å². The first-order valence-corrected chi connectivity index (χ1v) is 7.20. The number of nitrogens with one attached hydrogen (secondary N) is 2. The predicted octanol–water partition coefficient (Wildman–Crippen LogP) is 3.68. The Bertz CT molecular complexity index is 574. The van der Waals surface area contributed by atoms with Crippen LogP contribution in [0, 0.1) is 0 Å². The van der Waals surface area contributed by atoms with E-state index in [0.717, 1.165) is 30.0 Å². The van der Waals surface area contributed by atoms with Crippen molar-refractivity contribution in [2.24, 2.45) is 0 Å². The first-order valence-electron chi connectivity index (χ1n) is 6.45. The van der Waals surface area contributed by atoms with E-state index in [4.69, 9.17) is 23.2 Å². The standard InChI is InChI=1S/C14H15Cl2N3/c15-9-3-4-11(12(16)6-9)13-8-18-14(19-13)7-10-2-1-5-17-10/h3-4,6,8,10,17H,1-2,5,7H2,(H,18,19). The van der Waals surface area contributed by atoms with Crippen LogP contribution in [-0.4, -0.2) is 22.6 Å². The lowest BCUT2D eigenvalue weighted by Crippen LogP contribution is -2.24. The van der Waals surface area contributed by atoms with Crippen molar-refractivity contribution in [2.75, 3.05) is 6.54 Å². The third-order valence-electron chi connectivity index (χ3n) is 3.45. The third kappa shape index (κ3) is 2.94. The minimum atomic E-state index is 0.541. The highest BCUT2D eigenvalue weighted by Crippen LogP contribution is 2.29. The molecule has 1 aromatic carbocycles. The van der Waals surface area contributed by atoms with Crippen molar-refractivity contribution < 1.29 is 0 Å². The number of aromatic amines is 1. The lowest BCUT2D eigenvalue weighted by molar-refractivity contribution is 0.589. The highest BCUT2D eigenvalue weighted by atomic mass is 35.5. The van der Waals surface area contributed by atoms with Crippen molar-refractivity contribution in [1.29, 1.82) is 0 Å². The minimum absolute atomic E-state index is 0.541. The van der Waals surface area contributed by atoms with Crippen molar-refractivity contribution >= 4 is 23.2 Å². The number of aromatic nitrogens is 2. The summed E-state index contributed by atoms with van der Waals surface area (Å²) in [6.07, 6.45) is 5.24. The molecule has 2 N–H and O–H groups in total. The molecule has 0 spiro atoms. The molecule has 1 fully saturated rings. The largest absolute Gasteiger partial charge is 0.342 e. The van der Waals surface area contributed by atoms with E-state index in [1.54, 1.807) is 6.07 Å². The smallest absolute Gasteiger partial charge is 0.108 e. The Hall–Kier alpha value is -1.03. The Balaban J connectivity index is 1.80. The monoisotopic (exact) mass is 295 g/mol. The second-order valence-corrected chi connectivity index (χ2v) is 5.71. The van der Waals surface area contributed by atoms with E-state index < -0.39 is 0 Å². The minimum Gasteiger partial charge on any atom is -0.342 e. The number of halogens is 2. The third-order valence-corrected chi connectivity index (χ3v) is 4.00. The number of benzene rings is 1. The molecule has 1 aliphatic rings. The summed E-state index contributed by atoms with van der Waals surface area (Å²) in [5.41, 5.74) is 1.87. The zero-order valence-corrected chi connectivity index (χ0v) is 11.9. The van der Waals surface area contributed by atoms with Gasteiger partial charge in [0.05, 0.1) is 16.9 Å². The molecule has 1 atom stereocenters. The molecule has 1 aromatic heterocycles. The van der Waals surface area contributed by atoms with E-state index in [2.05, 4.69) is 15.3 Å². The van der Waals surface area contributed by atoms with Crippen molar-refractivity contribution in [1.82, 2.24) is 15.3 Å². The molecule has 1 unspecified atom stereocenters. The van der Waals surface area contributed by atoms with Gasteiger partial charge in [0.2, 0.25) is 0 Å². The number of imidazole rings is 1. The van der Waals surface area contributed by atoms with Gasteiger partial charge in [-0.2, -0.15) is 0 Å². The normalized spacial score (nSPS) is 18.9. The summed E-state index contributed by atoms with van der Waals surface area (Å²) in [5, 5.41) is 4.75. The van der Waals surface area contributed by atoms with Crippen LogP contribution in [0.4, 0.5) is 0 Å². The number of nitrogens with zero attached hydrogens (tertiary/aromatic N) is 1. The van der Waals surface area contributed by atoms with Gasteiger partial charge < -0.3 is 10.3 Å². The van der Waals surface area contributed by atoms with Crippen LogP contribution in [0.15, 0.2) is 24.4 Å². The SMILES string of the molecule is Clc1ccc(-c2cnc(CC3CCCN3)[nH]2)c(Cl)c1. The molecule has 5 heteroatoms. The zero-order chi connectivity index (χ0) is 13.2. The lowest BCUT2D eigenvalue weighted by Gasteiger charge is -2.07. The van der Waals surface area contributed by atoms with Crippen molar-refractivity contribution in [2.45, 2.75) is 25.3 Å². The molecule has 100 valence electrons. The maximum absolute atomic E-state index is 6.20. The Morgan fingerprint density at radius 2 is 2.21 bits per heavy atom. The predicted molar refractivity (Wildman–Crippen MR) is 78.8 cm³/mol. The topological polar surface area (TPSA) is 40.7 Å². The average molecular weight is 296 g/mol. The van der Waals surface area contributed by atoms with Crippen LogP contribution in [0.3, 0.4) is 0 Å².